The topological polar surface area (TPSA) is 118 Å². The molecule has 0 spiro atoms. The monoisotopic (exact) mass is 347 g/mol. The third-order valence-electron chi connectivity index (χ3n) is 3.70. The highest BCUT2D eigenvalue weighted by molar-refractivity contribution is 5.89. The molecule has 0 radical (unpaired) electrons. The lowest BCUT2D eigenvalue weighted by molar-refractivity contribution is -0.117. The Morgan fingerprint density at radius 1 is 1.15 bits per heavy atom. The van der Waals surface area contributed by atoms with Gasteiger partial charge in [0.15, 0.2) is 5.82 Å². The minimum absolute atomic E-state index is 0.101. The van der Waals surface area contributed by atoms with Crippen molar-refractivity contribution in [1.82, 2.24) is 29.9 Å². The number of fused-ring (bicyclic) bond motifs is 1. The molecule has 0 aliphatic heterocycles. The van der Waals surface area contributed by atoms with Gasteiger partial charge in [0.05, 0.1) is 11.6 Å². The van der Waals surface area contributed by atoms with E-state index in [9.17, 15) is 9.59 Å². The number of nitrogens with zero attached hydrogens (tertiary/aromatic N) is 5. The maximum atomic E-state index is 12.4. The van der Waals surface area contributed by atoms with E-state index in [1.807, 2.05) is 12.1 Å². The highest BCUT2D eigenvalue weighted by atomic mass is 16.2. The first-order chi connectivity index (χ1) is 12.7. The van der Waals surface area contributed by atoms with Gasteiger partial charge in [0, 0.05) is 11.6 Å². The molecular weight excluding hydrogens is 334 g/mol. The molecule has 0 fully saturated rings. The highest BCUT2D eigenvalue weighted by Crippen LogP contribution is 2.12. The number of nitrogens with one attached hydrogen (secondary N) is 2. The molecule has 1 amide bonds. The summed E-state index contributed by atoms with van der Waals surface area (Å²) in [6.45, 7) is -0.239. The number of benzene rings is 1. The Kier molecular flexibility index (Phi) is 3.94. The van der Waals surface area contributed by atoms with E-state index in [-0.39, 0.29) is 18.1 Å². The predicted octanol–water partition coefficient (Wildman–Crippen LogP) is 1.22. The third kappa shape index (κ3) is 3.05. The summed E-state index contributed by atoms with van der Waals surface area (Å²) in [5, 5.41) is 14.4. The van der Waals surface area contributed by atoms with Crippen LogP contribution in [0.4, 0.5) is 5.95 Å². The van der Waals surface area contributed by atoms with Gasteiger partial charge in [-0.3, -0.25) is 25.0 Å². The van der Waals surface area contributed by atoms with Crippen LogP contribution in [0, 0.1) is 0 Å². The summed E-state index contributed by atoms with van der Waals surface area (Å²) < 4.78 is 1.10. The molecule has 128 valence electrons. The van der Waals surface area contributed by atoms with Gasteiger partial charge in [0.25, 0.3) is 5.56 Å². The number of amides is 1. The molecule has 4 aromatic rings. The standard InChI is InChI=1S/C17H13N7O2/c25-14(10-24-16(26)12-6-2-1-5-11(12)9-19-24)20-17-21-15(22-23-17)13-7-3-4-8-18-13/h1-9H,10H2,(H2,20,21,22,23,25). The summed E-state index contributed by atoms with van der Waals surface area (Å²) in [5.41, 5.74) is 0.273. The second-order valence-electron chi connectivity index (χ2n) is 5.47. The molecule has 3 heterocycles. The van der Waals surface area contributed by atoms with Crippen molar-refractivity contribution < 1.29 is 4.79 Å². The first-order valence-electron chi connectivity index (χ1n) is 7.79. The molecule has 0 saturated heterocycles. The van der Waals surface area contributed by atoms with E-state index in [2.05, 4.69) is 30.6 Å². The van der Waals surface area contributed by atoms with E-state index in [1.165, 1.54) is 0 Å². The minimum Gasteiger partial charge on any atom is -0.292 e. The highest BCUT2D eigenvalue weighted by Gasteiger charge is 2.12. The lowest BCUT2D eigenvalue weighted by atomic mass is 10.2. The van der Waals surface area contributed by atoms with Crippen LogP contribution in [0.3, 0.4) is 0 Å². The van der Waals surface area contributed by atoms with E-state index in [0.29, 0.717) is 16.9 Å². The van der Waals surface area contributed by atoms with Gasteiger partial charge in [0.2, 0.25) is 11.9 Å². The van der Waals surface area contributed by atoms with Crippen LogP contribution in [0.5, 0.6) is 0 Å². The molecule has 3 aromatic heterocycles. The average Bonchev–Trinajstić information content (AvgIpc) is 3.13. The summed E-state index contributed by atoms with van der Waals surface area (Å²) in [5.74, 6) is 0.0767. The van der Waals surface area contributed by atoms with Gasteiger partial charge in [-0.2, -0.15) is 10.1 Å². The van der Waals surface area contributed by atoms with Crippen LogP contribution in [-0.4, -0.2) is 35.9 Å². The van der Waals surface area contributed by atoms with Crippen molar-refractivity contribution in [3.05, 3.63) is 65.2 Å². The molecule has 0 saturated carbocycles. The molecule has 0 aliphatic carbocycles. The lowest BCUT2D eigenvalue weighted by Crippen LogP contribution is -2.29. The molecule has 26 heavy (non-hydrogen) atoms. The first-order valence-corrected chi connectivity index (χ1v) is 7.79. The number of hydrogen-bond donors (Lipinski definition) is 2. The van der Waals surface area contributed by atoms with Gasteiger partial charge < -0.3 is 0 Å². The van der Waals surface area contributed by atoms with Crippen molar-refractivity contribution in [3.8, 4) is 11.5 Å². The number of rotatable bonds is 4. The summed E-state index contributed by atoms with van der Waals surface area (Å²) in [6, 6.07) is 12.5. The van der Waals surface area contributed by atoms with Crippen molar-refractivity contribution in [2.75, 3.05) is 5.32 Å². The van der Waals surface area contributed by atoms with E-state index >= 15 is 0 Å². The zero-order chi connectivity index (χ0) is 17.9. The van der Waals surface area contributed by atoms with Gasteiger partial charge in [-0.05, 0) is 18.2 Å². The van der Waals surface area contributed by atoms with E-state index in [1.54, 1.807) is 42.7 Å². The summed E-state index contributed by atoms with van der Waals surface area (Å²) in [4.78, 5) is 32.9. The number of carbonyl (C=O) groups excluding carboxylic acids is 1. The fourth-order valence-corrected chi connectivity index (χ4v) is 2.48. The van der Waals surface area contributed by atoms with Gasteiger partial charge in [-0.25, -0.2) is 4.68 Å². The van der Waals surface area contributed by atoms with Crippen molar-refractivity contribution in [3.63, 3.8) is 0 Å². The molecule has 2 N–H and O–H groups in total. The molecule has 0 bridgehead atoms. The van der Waals surface area contributed by atoms with Crippen molar-refractivity contribution in [2.24, 2.45) is 0 Å². The molecule has 0 aliphatic rings. The van der Waals surface area contributed by atoms with Crippen molar-refractivity contribution in [2.45, 2.75) is 6.54 Å². The lowest BCUT2D eigenvalue weighted by Gasteiger charge is -2.05. The van der Waals surface area contributed by atoms with E-state index < -0.39 is 5.91 Å². The number of aromatic nitrogens is 6. The normalized spacial score (nSPS) is 10.8. The predicted molar refractivity (Wildman–Crippen MR) is 94.2 cm³/mol. The first kappa shape index (κ1) is 15.6. The average molecular weight is 347 g/mol. The van der Waals surface area contributed by atoms with Crippen LogP contribution < -0.4 is 10.9 Å². The zero-order valence-electron chi connectivity index (χ0n) is 13.5. The Hall–Kier alpha value is -3.88. The number of carbonyl (C=O) groups is 1. The quantitative estimate of drug-likeness (QED) is 0.573. The third-order valence-corrected chi connectivity index (χ3v) is 3.70. The summed E-state index contributed by atoms with van der Waals surface area (Å²) in [7, 11) is 0. The number of hydrogen-bond acceptors (Lipinski definition) is 6. The Morgan fingerprint density at radius 3 is 2.85 bits per heavy atom. The van der Waals surface area contributed by atoms with Crippen LogP contribution in [0.1, 0.15) is 0 Å². The largest absolute Gasteiger partial charge is 0.292 e. The number of H-pyrrole nitrogens is 1. The van der Waals surface area contributed by atoms with Crippen molar-refractivity contribution >= 4 is 22.6 Å². The Balaban J connectivity index is 1.51. The van der Waals surface area contributed by atoms with Crippen LogP contribution >= 0.6 is 0 Å². The van der Waals surface area contributed by atoms with Crippen LogP contribution in [0.15, 0.2) is 59.7 Å². The second-order valence-corrected chi connectivity index (χ2v) is 5.47. The molecule has 0 unspecified atom stereocenters. The fraction of sp³-hybridized carbons (Fsp3) is 0.0588. The van der Waals surface area contributed by atoms with Gasteiger partial charge in [-0.15, -0.1) is 5.10 Å². The van der Waals surface area contributed by atoms with Gasteiger partial charge in [-0.1, -0.05) is 24.3 Å². The maximum Gasteiger partial charge on any atom is 0.275 e. The molecular formula is C17H13N7O2. The number of anilines is 1. The fourth-order valence-electron chi connectivity index (χ4n) is 2.48. The smallest absolute Gasteiger partial charge is 0.275 e. The van der Waals surface area contributed by atoms with E-state index in [0.717, 1.165) is 10.1 Å². The maximum absolute atomic E-state index is 12.4. The van der Waals surface area contributed by atoms with Crippen LogP contribution in [0.25, 0.3) is 22.3 Å². The molecule has 1 aromatic carbocycles. The summed E-state index contributed by atoms with van der Waals surface area (Å²) in [6.07, 6.45) is 3.18. The number of aromatic amines is 1. The van der Waals surface area contributed by atoms with E-state index in [4.69, 9.17) is 0 Å². The Morgan fingerprint density at radius 2 is 2.00 bits per heavy atom. The van der Waals surface area contributed by atoms with Gasteiger partial charge in [0.1, 0.15) is 12.2 Å². The molecule has 0 atom stereocenters. The van der Waals surface area contributed by atoms with Crippen molar-refractivity contribution in [1.29, 1.82) is 0 Å². The van der Waals surface area contributed by atoms with Crippen LogP contribution in [-0.2, 0) is 11.3 Å². The van der Waals surface area contributed by atoms with Gasteiger partial charge >= 0.3 is 0 Å². The molecule has 9 heteroatoms. The Bertz CT molecular complexity index is 1130. The zero-order valence-corrected chi connectivity index (χ0v) is 13.5. The second kappa shape index (κ2) is 6.55. The number of pyridine rings is 1. The summed E-state index contributed by atoms with van der Waals surface area (Å²) >= 11 is 0. The minimum atomic E-state index is -0.457. The molecule has 9 nitrogen and oxygen atoms in total. The Labute approximate surface area is 146 Å². The van der Waals surface area contributed by atoms with Crippen LogP contribution in [0.2, 0.25) is 0 Å². The molecule has 4 rings (SSSR count). The SMILES string of the molecule is O=C(Cn1ncc2ccccc2c1=O)Nc1n[nH]c(-c2ccccn2)n1.